The normalized spacial score (nSPS) is 18.8. The summed E-state index contributed by atoms with van der Waals surface area (Å²) in [6.07, 6.45) is 4.88. The second kappa shape index (κ2) is 3.31. The van der Waals surface area contributed by atoms with E-state index < -0.39 is 0 Å². The third-order valence-corrected chi connectivity index (χ3v) is 2.64. The van der Waals surface area contributed by atoms with Gasteiger partial charge in [0.25, 0.3) is 0 Å². The van der Waals surface area contributed by atoms with Crippen molar-refractivity contribution in [3.8, 4) is 0 Å². The maximum Gasteiger partial charge on any atom is 0.0387 e. The molecule has 2 rings (SSSR count). The van der Waals surface area contributed by atoms with Gasteiger partial charge < -0.3 is 4.57 Å². The van der Waals surface area contributed by atoms with Crippen LogP contribution >= 0.6 is 0 Å². The molecule has 0 saturated carbocycles. The Bertz CT molecular complexity index is 246. The summed E-state index contributed by atoms with van der Waals surface area (Å²) in [5, 5.41) is 0. The van der Waals surface area contributed by atoms with Gasteiger partial charge in [-0.15, -0.1) is 0 Å². The maximum atomic E-state index is 2.52. The highest BCUT2D eigenvalue weighted by atomic mass is 15.2. The SMILES string of the molecule is Cn1cccc1CN1CCCC1. The molecular weight excluding hydrogens is 148 g/mol. The summed E-state index contributed by atoms with van der Waals surface area (Å²) in [4.78, 5) is 2.52. The fourth-order valence-corrected chi connectivity index (χ4v) is 1.83. The number of hydrogen-bond acceptors (Lipinski definition) is 1. The minimum absolute atomic E-state index is 1.13. The fraction of sp³-hybridized carbons (Fsp3) is 0.600. The molecule has 2 nitrogen and oxygen atoms in total. The molecule has 2 heterocycles. The maximum absolute atomic E-state index is 2.52. The molecule has 12 heavy (non-hydrogen) atoms. The van der Waals surface area contributed by atoms with Crippen LogP contribution in [0.1, 0.15) is 18.5 Å². The summed E-state index contributed by atoms with van der Waals surface area (Å²) in [7, 11) is 2.12. The van der Waals surface area contributed by atoms with Crippen LogP contribution in [-0.4, -0.2) is 22.6 Å². The molecule has 0 atom stereocenters. The van der Waals surface area contributed by atoms with Gasteiger partial charge in [0.05, 0.1) is 0 Å². The van der Waals surface area contributed by atoms with Crippen LogP contribution in [0, 0.1) is 0 Å². The van der Waals surface area contributed by atoms with Crippen LogP contribution in [0.3, 0.4) is 0 Å². The second-order valence-electron chi connectivity index (χ2n) is 3.59. The van der Waals surface area contributed by atoms with Gasteiger partial charge in [0, 0.05) is 25.5 Å². The van der Waals surface area contributed by atoms with E-state index in [-0.39, 0.29) is 0 Å². The summed E-state index contributed by atoms with van der Waals surface area (Å²) < 4.78 is 2.21. The topological polar surface area (TPSA) is 8.17 Å². The van der Waals surface area contributed by atoms with Gasteiger partial charge in [-0.05, 0) is 38.1 Å². The van der Waals surface area contributed by atoms with Crippen molar-refractivity contribution in [2.45, 2.75) is 19.4 Å². The zero-order valence-electron chi connectivity index (χ0n) is 7.66. The Morgan fingerprint density at radius 2 is 2.08 bits per heavy atom. The molecule has 0 aliphatic carbocycles. The number of aryl methyl sites for hydroxylation is 1. The van der Waals surface area contributed by atoms with Crippen molar-refractivity contribution >= 4 is 0 Å². The molecule has 1 fully saturated rings. The fourth-order valence-electron chi connectivity index (χ4n) is 1.83. The van der Waals surface area contributed by atoms with Crippen LogP contribution in [0.2, 0.25) is 0 Å². The summed E-state index contributed by atoms with van der Waals surface area (Å²) in [5.74, 6) is 0. The van der Waals surface area contributed by atoms with Crippen LogP contribution in [0.5, 0.6) is 0 Å². The minimum atomic E-state index is 1.13. The minimum Gasteiger partial charge on any atom is -0.353 e. The second-order valence-corrected chi connectivity index (χ2v) is 3.59. The Morgan fingerprint density at radius 1 is 1.33 bits per heavy atom. The Hall–Kier alpha value is -0.760. The number of aromatic nitrogens is 1. The van der Waals surface area contributed by atoms with E-state index in [9.17, 15) is 0 Å². The number of hydrogen-bond donors (Lipinski definition) is 0. The van der Waals surface area contributed by atoms with Gasteiger partial charge in [0.1, 0.15) is 0 Å². The van der Waals surface area contributed by atoms with E-state index in [4.69, 9.17) is 0 Å². The molecule has 0 amide bonds. The predicted octanol–water partition coefficient (Wildman–Crippen LogP) is 1.62. The Kier molecular flexibility index (Phi) is 2.17. The van der Waals surface area contributed by atoms with Crippen LogP contribution in [0.15, 0.2) is 18.3 Å². The first-order valence-corrected chi connectivity index (χ1v) is 4.69. The third kappa shape index (κ3) is 1.53. The van der Waals surface area contributed by atoms with E-state index in [2.05, 4.69) is 34.8 Å². The third-order valence-electron chi connectivity index (χ3n) is 2.64. The number of rotatable bonds is 2. The molecule has 1 saturated heterocycles. The predicted molar refractivity (Wildman–Crippen MR) is 49.9 cm³/mol. The molecule has 1 aromatic rings. The molecule has 0 aromatic carbocycles. The van der Waals surface area contributed by atoms with Crippen molar-refractivity contribution in [1.82, 2.24) is 9.47 Å². The lowest BCUT2D eigenvalue weighted by atomic mass is 10.4. The highest BCUT2D eigenvalue weighted by molar-refractivity contribution is 5.06. The zero-order valence-corrected chi connectivity index (χ0v) is 7.66. The monoisotopic (exact) mass is 164 g/mol. The van der Waals surface area contributed by atoms with E-state index in [1.54, 1.807) is 0 Å². The van der Waals surface area contributed by atoms with Crippen molar-refractivity contribution in [1.29, 1.82) is 0 Å². The summed E-state index contributed by atoms with van der Waals surface area (Å²) in [6.45, 7) is 3.69. The zero-order chi connectivity index (χ0) is 8.39. The largest absolute Gasteiger partial charge is 0.353 e. The molecule has 2 heteroatoms. The van der Waals surface area contributed by atoms with Gasteiger partial charge in [-0.2, -0.15) is 0 Å². The quantitative estimate of drug-likeness (QED) is 0.645. The van der Waals surface area contributed by atoms with Gasteiger partial charge in [-0.1, -0.05) is 0 Å². The number of likely N-dealkylation sites (tertiary alicyclic amines) is 1. The first-order chi connectivity index (χ1) is 5.86. The molecule has 0 radical (unpaired) electrons. The first kappa shape index (κ1) is 7.87. The van der Waals surface area contributed by atoms with Crippen molar-refractivity contribution in [2.75, 3.05) is 13.1 Å². The van der Waals surface area contributed by atoms with Crippen molar-refractivity contribution in [2.24, 2.45) is 7.05 Å². The molecule has 0 unspecified atom stereocenters. The summed E-state index contributed by atoms with van der Waals surface area (Å²) >= 11 is 0. The van der Waals surface area contributed by atoms with E-state index in [1.165, 1.54) is 31.6 Å². The smallest absolute Gasteiger partial charge is 0.0387 e. The van der Waals surface area contributed by atoms with Gasteiger partial charge in [0.15, 0.2) is 0 Å². The van der Waals surface area contributed by atoms with Crippen molar-refractivity contribution < 1.29 is 0 Å². The lowest BCUT2D eigenvalue weighted by Crippen LogP contribution is -2.19. The highest BCUT2D eigenvalue weighted by Gasteiger charge is 2.12. The summed E-state index contributed by atoms with van der Waals surface area (Å²) in [5.41, 5.74) is 1.43. The Labute approximate surface area is 73.8 Å². The van der Waals surface area contributed by atoms with Crippen molar-refractivity contribution in [3.05, 3.63) is 24.0 Å². The Balaban J connectivity index is 1.98. The van der Waals surface area contributed by atoms with E-state index in [0.717, 1.165) is 6.54 Å². The average Bonchev–Trinajstić information content (AvgIpc) is 2.65. The van der Waals surface area contributed by atoms with Gasteiger partial charge in [0.2, 0.25) is 0 Å². The molecule has 0 spiro atoms. The Morgan fingerprint density at radius 3 is 2.67 bits per heavy atom. The van der Waals surface area contributed by atoms with Gasteiger partial charge in [-0.25, -0.2) is 0 Å². The van der Waals surface area contributed by atoms with E-state index in [0.29, 0.717) is 0 Å². The molecule has 66 valence electrons. The molecule has 1 aliphatic heterocycles. The van der Waals surface area contributed by atoms with E-state index in [1.807, 2.05) is 0 Å². The average molecular weight is 164 g/mol. The van der Waals surface area contributed by atoms with E-state index >= 15 is 0 Å². The molecular formula is C10H16N2. The van der Waals surface area contributed by atoms with Crippen molar-refractivity contribution in [3.63, 3.8) is 0 Å². The molecule has 1 aliphatic rings. The standard InChI is InChI=1S/C10H16N2/c1-11-6-4-5-10(11)9-12-7-2-3-8-12/h4-6H,2-3,7-9H2,1H3. The molecule has 0 N–H and O–H groups in total. The highest BCUT2D eigenvalue weighted by Crippen LogP contribution is 2.12. The first-order valence-electron chi connectivity index (χ1n) is 4.69. The summed E-state index contributed by atoms with van der Waals surface area (Å²) in [6, 6.07) is 4.32. The van der Waals surface area contributed by atoms with Gasteiger partial charge >= 0.3 is 0 Å². The number of nitrogens with zero attached hydrogens (tertiary/aromatic N) is 2. The lowest BCUT2D eigenvalue weighted by Gasteiger charge is -2.14. The lowest BCUT2D eigenvalue weighted by molar-refractivity contribution is 0.323. The van der Waals surface area contributed by atoms with Crippen LogP contribution in [0.4, 0.5) is 0 Å². The molecule has 1 aromatic heterocycles. The van der Waals surface area contributed by atoms with Gasteiger partial charge in [-0.3, -0.25) is 4.90 Å². The van der Waals surface area contributed by atoms with Crippen LogP contribution in [-0.2, 0) is 13.6 Å². The van der Waals surface area contributed by atoms with Crippen LogP contribution < -0.4 is 0 Å². The molecule has 0 bridgehead atoms. The van der Waals surface area contributed by atoms with Crippen LogP contribution in [0.25, 0.3) is 0 Å².